The number of benzene rings is 2. The molecule has 1 unspecified atom stereocenters. The third kappa shape index (κ3) is 2.81. The summed E-state index contributed by atoms with van der Waals surface area (Å²) in [4.78, 5) is 0. The molecule has 4 heteroatoms. The van der Waals surface area contributed by atoms with Crippen LogP contribution in [0.15, 0.2) is 42.5 Å². The Hall–Kier alpha value is -2.20. The zero-order chi connectivity index (χ0) is 15.5. The lowest BCUT2D eigenvalue weighted by Gasteiger charge is -2.28. The monoisotopic (exact) mass is 288 g/mol. The minimum atomic E-state index is -1.27. The van der Waals surface area contributed by atoms with Gasteiger partial charge in [-0.1, -0.05) is 18.2 Å². The van der Waals surface area contributed by atoms with E-state index >= 15 is 0 Å². The highest BCUT2D eigenvalue weighted by Crippen LogP contribution is 2.40. The summed E-state index contributed by atoms with van der Waals surface area (Å²) in [5.74, 6) is 1.86. The van der Waals surface area contributed by atoms with Gasteiger partial charge < -0.3 is 19.3 Å². The minimum absolute atomic E-state index is 0.590. The van der Waals surface area contributed by atoms with E-state index in [1.165, 1.54) is 0 Å². The third-order valence-electron chi connectivity index (χ3n) is 3.56. The van der Waals surface area contributed by atoms with Crippen molar-refractivity contribution in [2.45, 2.75) is 12.5 Å². The lowest BCUT2D eigenvalue weighted by molar-refractivity contribution is 0.0955. The maximum absolute atomic E-state index is 11.1. The summed E-state index contributed by atoms with van der Waals surface area (Å²) in [5.41, 5.74) is 0.0138. The minimum Gasteiger partial charge on any atom is -0.497 e. The van der Waals surface area contributed by atoms with Crippen molar-refractivity contribution in [3.8, 4) is 17.2 Å². The van der Waals surface area contributed by atoms with Crippen LogP contribution in [0.3, 0.4) is 0 Å². The molecule has 0 saturated carbocycles. The van der Waals surface area contributed by atoms with Gasteiger partial charge in [-0.3, -0.25) is 0 Å². The van der Waals surface area contributed by atoms with Gasteiger partial charge in [0.2, 0.25) is 0 Å². The van der Waals surface area contributed by atoms with Gasteiger partial charge in [0.15, 0.2) is 0 Å². The van der Waals surface area contributed by atoms with Gasteiger partial charge in [-0.15, -0.1) is 0 Å². The molecule has 2 rings (SSSR count). The van der Waals surface area contributed by atoms with E-state index in [0.717, 1.165) is 0 Å². The van der Waals surface area contributed by atoms with E-state index in [1.54, 1.807) is 46.5 Å². The molecule has 0 aliphatic carbocycles. The highest BCUT2D eigenvalue weighted by Gasteiger charge is 2.32. The van der Waals surface area contributed by atoms with Gasteiger partial charge in [0, 0.05) is 11.1 Å². The number of para-hydroxylation sites is 1. The first kappa shape index (κ1) is 15.2. The molecule has 0 aliphatic rings. The standard InChI is InChI=1S/C17H20O4/c1-17(18,13-7-5-6-8-15(13)20-3)14-11-12(19-2)9-10-16(14)21-4/h5-11,18H,1-4H3. The fourth-order valence-electron chi connectivity index (χ4n) is 2.39. The molecule has 0 aliphatic heterocycles. The summed E-state index contributed by atoms with van der Waals surface area (Å²) in [7, 11) is 4.74. The Morgan fingerprint density at radius 3 is 2.05 bits per heavy atom. The van der Waals surface area contributed by atoms with Crippen molar-refractivity contribution in [2.24, 2.45) is 0 Å². The van der Waals surface area contributed by atoms with E-state index in [4.69, 9.17) is 14.2 Å². The van der Waals surface area contributed by atoms with Gasteiger partial charge in [-0.25, -0.2) is 0 Å². The summed E-state index contributed by atoms with van der Waals surface area (Å²) in [6.07, 6.45) is 0. The van der Waals surface area contributed by atoms with E-state index < -0.39 is 5.60 Å². The number of ether oxygens (including phenoxy) is 3. The van der Waals surface area contributed by atoms with Gasteiger partial charge in [0.1, 0.15) is 22.8 Å². The number of aliphatic hydroxyl groups is 1. The lowest BCUT2D eigenvalue weighted by Crippen LogP contribution is -2.24. The van der Waals surface area contributed by atoms with Crippen molar-refractivity contribution in [2.75, 3.05) is 21.3 Å². The maximum Gasteiger partial charge on any atom is 0.125 e. The van der Waals surface area contributed by atoms with Crippen LogP contribution in [0.4, 0.5) is 0 Å². The molecule has 0 heterocycles. The van der Waals surface area contributed by atoms with Crippen molar-refractivity contribution in [3.63, 3.8) is 0 Å². The molecule has 0 aromatic heterocycles. The van der Waals surface area contributed by atoms with Crippen LogP contribution < -0.4 is 14.2 Å². The molecule has 0 spiro atoms. The van der Waals surface area contributed by atoms with E-state index in [2.05, 4.69) is 0 Å². The Labute approximate surface area is 124 Å². The second-order valence-electron chi connectivity index (χ2n) is 4.84. The Kier molecular flexibility index (Phi) is 4.38. The molecule has 112 valence electrons. The molecule has 1 atom stereocenters. The molecule has 0 amide bonds. The number of hydrogen-bond acceptors (Lipinski definition) is 4. The molecule has 0 radical (unpaired) electrons. The van der Waals surface area contributed by atoms with Gasteiger partial charge in [-0.05, 0) is 31.2 Å². The van der Waals surface area contributed by atoms with Crippen LogP contribution in [-0.4, -0.2) is 26.4 Å². The molecular formula is C17H20O4. The summed E-state index contributed by atoms with van der Waals surface area (Å²) in [6.45, 7) is 1.71. The Morgan fingerprint density at radius 1 is 0.810 bits per heavy atom. The highest BCUT2D eigenvalue weighted by atomic mass is 16.5. The molecule has 0 bridgehead atoms. The molecule has 2 aromatic rings. The van der Waals surface area contributed by atoms with Crippen molar-refractivity contribution in [1.29, 1.82) is 0 Å². The first-order valence-corrected chi connectivity index (χ1v) is 6.63. The van der Waals surface area contributed by atoms with E-state index in [1.807, 2.05) is 24.3 Å². The second kappa shape index (κ2) is 6.06. The van der Waals surface area contributed by atoms with Crippen molar-refractivity contribution >= 4 is 0 Å². The van der Waals surface area contributed by atoms with Crippen LogP contribution in [0.25, 0.3) is 0 Å². The van der Waals surface area contributed by atoms with E-state index in [9.17, 15) is 5.11 Å². The Bertz CT molecular complexity index is 620. The third-order valence-corrected chi connectivity index (χ3v) is 3.56. The summed E-state index contributed by atoms with van der Waals surface area (Å²) < 4.78 is 16.0. The molecule has 0 saturated heterocycles. The average molecular weight is 288 g/mol. The number of hydrogen-bond donors (Lipinski definition) is 1. The first-order chi connectivity index (χ1) is 10.0. The fourth-order valence-corrected chi connectivity index (χ4v) is 2.39. The van der Waals surface area contributed by atoms with Gasteiger partial charge >= 0.3 is 0 Å². The zero-order valence-electron chi connectivity index (χ0n) is 12.7. The quantitative estimate of drug-likeness (QED) is 0.919. The predicted octanol–water partition coefficient (Wildman–Crippen LogP) is 2.97. The Balaban J connectivity index is 2.62. The highest BCUT2D eigenvalue weighted by molar-refractivity contribution is 5.51. The van der Waals surface area contributed by atoms with Gasteiger partial charge in [0.25, 0.3) is 0 Å². The van der Waals surface area contributed by atoms with Crippen molar-refractivity contribution in [1.82, 2.24) is 0 Å². The lowest BCUT2D eigenvalue weighted by atomic mass is 9.86. The van der Waals surface area contributed by atoms with Gasteiger partial charge in [0.05, 0.1) is 21.3 Å². The second-order valence-corrected chi connectivity index (χ2v) is 4.84. The van der Waals surface area contributed by atoms with Crippen molar-refractivity contribution in [3.05, 3.63) is 53.6 Å². The predicted molar refractivity (Wildman–Crippen MR) is 81.2 cm³/mol. The van der Waals surface area contributed by atoms with E-state index in [0.29, 0.717) is 28.4 Å². The molecule has 21 heavy (non-hydrogen) atoms. The van der Waals surface area contributed by atoms with Crippen molar-refractivity contribution < 1.29 is 19.3 Å². The topological polar surface area (TPSA) is 47.9 Å². The largest absolute Gasteiger partial charge is 0.497 e. The van der Waals surface area contributed by atoms with Crippen LogP contribution >= 0.6 is 0 Å². The molecule has 4 nitrogen and oxygen atoms in total. The number of rotatable bonds is 5. The average Bonchev–Trinajstić information content (AvgIpc) is 2.54. The summed E-state index contributed by atoms with van der Waals surface area (Å²) in [6, 6.07) is 12.7. The maximum atomic E-state index is 11.1. The normalized spacial score (nSPS) is 13.4. The van der Waals surface area contributed by atoms with Crippen LogP contribution in [0.1, 0.15) is 18.1 Å². The smallest absolute Gasteiger partial charge is 0.125 e. The fraction of sp³-hybridized carbons (Fsp3) is 0.294. The molecule has 2 aromatic carbocycles. The van der Waals surface area contributed by atoms with E-state index in [-0.39, 0.29) is 0 Å². The van der Waals surface area contributed by atoms with Crippen LogP contribution in [-0.2, 0) is 5.60 Å². The SMILES string of the molecule is COc1ccc(OC)c(C(C)(O)c2ccccc2OC)c1. The first-order valence-electron chi connectivity index (χ1n) is 6.63. The van der Waals surface area contributed by atoms with Crippen LogP contribution in [0.2, 0.25) is 0 Å². The van der Waals surface area contributed by atoms with Crippen LogP contribution in [0.5, 0.6) is 17.2 Å². The molecule has 0 fully saturated rings. The van der Waals surface area contributed by atoms with Crippen LogP contribution in [0, 0.1) is 0 Å². The van der Waals surface area contributed by atoms with Gasteiger partial charge in [-0.2, -0.15) is 0 Å². The summed E-state index contributed by atoms with van der Waals surface area (Å²) in [5, 5.41) is 11.1. The zero-order valence-corrected chi connectivity index (χ0v) is 12.7. The molecular weight excluding hydrogens is 268 g/mol. The Morgan fingerprint density at radius 2 is 1.43 bits per heavy atom. The summed E-state index contributed by atoms with van der Waals surface area (Å²) >= 11 is 0. The molecule has 1 N–H and O–H groups in total. The number of methoxy groups -OCH3 is 3.